The number of hydrogen-bond donors (Lipinski definition) is 1. The minimum Gasteiger partial charge on any atom is -0.437 e. The first-order chi connectivity index (χ1) is 20.5. The van der Waals surface area contributed by atoms with Gasteiger partial charge in [-0.15, -0.1) is 0 Å². The van der Waals surface area contributed by atoms with Crippen LogP contribution in [0.25, 0.3) is 17.3 Å². The Morgan fingerprint density at radius 2 is 1.33 bits per heavy atom. The summed E-state index contributed by atoms with van der Waals surface area (Å²) in [6, 6.07) is 39.9. The van der Waals surface area contributed by atoms with Gasteiger partial charge in [0.05, 0.1) is 17.4 Å². The lowest BCUT2D eigenvalue weighted by Gasteiger charge is -2.55. The highest BCUT2D eigenvalue weighted by atomic mass is 16.2. The smallest absolute Gasteiger partial charge is 0.376 e. The quantitative estimate of drug-likeness (QED) is 0.150. The number of benzene rings is 4. The molecular weight excluding hydrogens is 517 g/mol. The van der Waals surface area contributed by atoms with Gasteiger partial charge < -0.3 is 14.4 Å². The first-order valence-corrected chi connectivity index (χ1v) is 14.5. The lowest BCUT2D eigenvalue weighted by Crippen LogP contribution is -2.68. The second-order valence-corrected chi connectivity index (χ2v) is 11.6. The van der Waals surface area contributed by atoms with Crippen molar-refractivity contribution in [1.29, 1.82) is 0 Å². The Balaban J connectivity index is 1.31. The number of aromatic nitrogens is 2. The Kier molecular flexibility index (Phi) is 6.53. The fourth-order valence-corrected chi connectivity index (χ4v) is 6.80. The van der Waals surface area contributed by atoms with Gasteiger partial charge in [-0.3, -0.25) is 4.79 Å². The van der Waals surface area contributed by atoms with Crippen LogP contribution in [0, 0.1) is 5.41 Å². The predicted molar refractivity (Wildman–Crippen MR) is 168 cm³/mol. The summed E-state index contributed by atoms with van der Waals surface area (Å²) in [4.78, 5) is 20.1. The minimum absolute atomic E-state index is 0.205. The Morgan fingerprint density at radius 3 is 1.86 bits per heavy atom. The number of Topliss-reactive ketones (excluding diaryl/α,β-unsaturated/α-hetero) is 1. The Morgan fingerprint density at radius 1 is 0.810 bits per heavy atom. The van der Waals surface area contributed by atoms with Gasteiger partial charge in [0.2, 0.25) is 0 Å². The van der Waals surface area contributed by atoms with Crippen molar-refractivity contribution in [3.63, 3.8) is 0 Å². The summed E-state index contributed by atoms with van der Waals surface area (Å²) in [6.07, 6.45) is 6.83. The molecule has 2 fully saturated rings. The third kappa shape index (κ3) is 4.18. The molecule has 1 aliphatic carbocycles. The average molecular weight is 549 g/mol. The molecule has 0 amide bonds. The van der Waals surface area contributed by atoms with Gasteiger partial charge in [0.25, 0.3) is 0 Å². The molecule has 0 unspecified atom stereocenters. The van der Waals surface area contributed by atoms with Crippen LogP contribution in [0.5, 0.6) is 0 Å². The molecule has 0 atom stereocenters. The van der Waals surface area contributed by atoms with Crippen LogP contribution in [0.15, 0.2) is 133 Å². The van der Waals surface area contributed by atoms with Crippen LogP contribution in [0.2, 0.25) is 6.82 Å². The highest BCUT2D eigenvalue weighted by Crippen LogP contribution is 2.49. The first-order valence-electron chi connectivity index (χ1n) is 14.5. The molecule has 1 saturated carbocycles. The van der Waals surface area contributed by atoms with Crippen molar-refractivity contribution in [2.75, 3.05) is 13.1 Å². The standard InChI is InChI=1S/C36H32BN3O2/c1-37(42)40-24-35(25-40)22-28(34(35)41)21-27-13-11-12-20-32(27)33-23-39(26-38-33)36(29-14-5-2-6-15-29,30-16-7-3-8-17-30)31-18-9-4-10-19-31/h2-21,23,26,42H,22,24-25H2,1H3/b28-21+. The Labute approximate surface area is 246 Å². The molecule has 2 heterocycles. The highest BCUT2D eigenvalue weighted by Gasteiger charge is 2.58. The van der Waals surface area contributed by atoms with Crippen molar-refractivity contribution < 1.29 is 9.82 Å². The molecular formula is C36H32BN3O2. The number of hydrogen-bond acceptors (Lipinski definition) is 4. The topological polar surface area (TPSA) is 58.4 Å². The van der Waals surface area contributed by atoms with Gasteiger partial charge in [-0.2, -0.15) is 0 Å². The maximum atomic E-state index is 13.2. The van der Waals surface area contributed by atoms with Gasteiger partial charge in [-0.05, 0) is 47.1 Å². The zero-order valence-corrected chi connectivity index (χ0v) is 23.6. The third-order valence-electron chi connectivity index (χ3n) is 8.95. The molecule has 4 aromatic carbocycles. The molecule has 1 aliphatic heterocycles. The van der Waals surface area contributed by atoms with Gasteiger partial charge in [0.1, 0.15) is 5.54 Å². The van der Waals surface area contributed by atoms with E-state index < -0.39 is 12.6 Å². The third-order valence-corrected chi connectivity index (χ3v) is 8.95. The van der Waals surface area contributed by atoms with E-state index in [0.717, 1.165) is 45.5 Å². The number of allylic oxidation sites excluding steroid dienone is 1. The van der Waals surface area contributed by atoms with Gasteiger partial charge in [-0.25, -0.2) is 4.98 Å². The molecule has 1 spiro atoms. The molecule has 5 aromatic rings. The molecule has 6 heteroatoms. The van der Waals surface area contributed by atoms with Crippen molar-refractivity contribution in [2.45, 2.75) is 18.8 Å². The van der Waals surface area contributed by atoms with Crippen molar-refractivity contribution >= 4 is 18.9 Å². The van der Waals surface area contributed by atoms with E-state index in [1.54, 1.807) is 6.82 Å². The van der Waals surface area contributed by atoms with E-state index in [2.05, 4.69) is 95.7 Å². The second-order valence-electron chi connectivity index (χ2n) is 11.6. The summed E-state index contributed by atoms with van der Waals surface area (Å²) < 4.78 is 2.22. The van der Waals surface area contributed by atoms with Crippen LogP contribution in [0.3, 0.4) is 0 Å². The van der Waals surface area contributed by atoms with E-state index in [1.807, 2.05) is 47.5 Å². The first kappa shape index (κ1) is 26.4. The van der Waals surface area contributed by atoms with Crippen LogP contribution in [0.4, 0.5) is 0 Å². The largest absolute Gasteiger partial charge is 0.437 e. The fraction of sp³-hybridized carbons (Fsp3) is 0.167. The number of carbonyl (C=O) groups excluding carboxylic acids is 1. The molecule has 5 nitrogen and oxygen atoms in total. The normalized spacial score (nSPS) is 17.2. The fourth-order valence-electron chi connectivity index (χ4n) is 6.80. The molecule has 1 N–H and O–H groups in total. The van der Waals surface area contributed by atoms with Crippen LogP contribution in [-0.4, -0.2) is 45.3 Å². The van der Waals surface area contributed by atoms with Crippen LogP contribution in [-0.2, 0) is 10.3 Å². The Hall–Kier alpha value is -4.52. The SMILES string of the molecule is CB(O)N1CC2(C/C(=C\c3ccccc3-c3cn(C(c4ccccc4)(c4ccccc4)c4ccccc4)cn3)C2=O)C1. The summed E-state index contributed by atoms with van der Waals surface area (Å²) in [6.45, 7) is 3.02. The Bertz CT molecular complexity index is 1660. The van der Waals surface area contributed by atoms with Crippen molar-refractivity contribution in [2.24, 2.45) is 5.41 Å². The molecule has 7 rings (SSSR count). The summed E-state index contributed by atoms with van der Waals surface area (Å²) >= 11 is 0. The maximum Gasteiger partial charge on any atom is 0.376 e. The summed E-state index contributed by atoms with van der Waals surface area (Å²) in [5, 5.41) is 9.84. The van der Waals surface area contributed by atoms with E-state index in [4.69, 9.17) is 4.98 Å². The van der Waals surface area contributed by atoms with Gasteiger partial charge in [0.15, 0.2) is 5.78 Å². The van der Waals surface area contributed by atoms with Crippen LogP contribution in [0.1, 0.15) is 28.7 Å². The van der Waals surface area contributed by atoms with E-state index in [0.29, 0.717) is 13.1 Å². The van der Waals surface area contributed by atoms with Gasteiger partial charge >= 0.3 is 7.05 Å². The average Bonchev–Trinajstić information content (AvgIpc) is 3.50. The molecule has 0 bridgehead atoms. The number of ketones is 1. The molecule has 1 saturated heterocycles. The molecule has 2 aliphatic rings. The highest BCUT2D eigenvalue weighted by molar-refractivity contribution is 6.45. The number of nitrogens with zero attached hydrogens (tertiary/aromatic N) is 3. The predicted octanol–water partition coefficient (Wildman–Crippen LogP) is 6.16. The zero-order chi connectivity index (χ0) is 28.7. The summed E-state index contributed by atoms with van der Waals surface area (Å²) in [5.74, 6) is 0.205. The summed E-state index contributed by atoms with van der Waals surface area (Å²) in [5.41, 5.74) is 6.12. The van der Waals surface area contributed by atoms with E-state index >= 15 is 0 Å². The second kappa shape index (κ2) is 10.4. The number of imidazole rings is 1. The van der Waals surface area contributed by atoms with Gasteiger partial charge in [-0.1, -0.05) is 115 Å². The molecule has 0 radical (unpaired) electrons. The minimum atomic E-state index is -0.640. The van der Waals surface area contributed by atoms with Crippen LogP contribution >= 0.6 is 0 Å². The maximum absolute atomic E-state index is 13.2. The molecule has 42 heavy (non-hydrogen) atoms. The van der Waals surface area contributed by atoms with Crippen LogP contribution < -0.4 is 0 Å². The van der Waals surface area contributed by atoms with Gasteiger partial charge in [0, 0.05) is 24.8 Å². The number of rotatable bonds is 7. The summed E-state index contributed by atoms with van der Waals surface area (Å²) in [7, 11) is -0.512. The van der Waals surface area contributed by atoms with E-state index in [9.17, 15) is 9.82 Å². The molecule has 206 valence electrons. The molecule has 1 aromatic heterocycles. The van der Waals surface area contributed by atoms with Crippen molar-refractivity contribution in [3.05, 3.63) is 156 Å². The monoisotopic (exact) mass is 549 g/mol. The van der Waals surface area contributed by atoms with E-state index in [-0.39, 0.29) is 11.2 Å². The van der Waals surface area contributed by atoms with Crippen molar-refractivity contribution in [3.8, 4) is 11.3 Å². The van der Waals surface area contributed by atoms with E-state index in [1.165, 1.54) is 0 Å². The number of carbonyl (C=O) groups is 1. The van der Waals surface area contributed by atoms with Crippen molar-refractivity contribution in [1.82, 2.24) is 14.4 Å². The lowest BCUT2D eigenvalue weighted by molar-refractivity contribution is -0.139. The lowest BCUT2D eigenvalue weighted by atomic mass is 9.56. The zero-order valence-electron chi connectivity index (χ0n) is 23.6.